The Morgan fingerprint density at radius 2 is 2.19 bits per heavy atom. The van der Waals surface area contributed by atoms with Crippen molar-refractivity contribution in [3.05, 3.63) is 0 Å². The van der Waals surface area contributed by atoms with Gasteiger partial charge in [-0.1, -0.05) is 5.92 Å². The average molecular weight is 235 g/mol. The zero-order valence-corrected chi connectivity index (χ0v) is 8.76. The van der Waals surface area contributed by atoms with Crippen molar-refractivity contribution in [3.63, 3.8) is 0 Å². The van der Waals surface area contributed by atoms with Crippen LogP contribution in [0.15, 0.2) is 0 Å². The van der Waals surface area contributed by atoms with E-state index in [9.17, 15) is 18.0 Å². The van der Waals surface area contributed by atoms with Gasteiger partial charge >= 0.3 is 12.1 Å². The molecule has 16 heavy (non-hydrogen) atoms. The molecule has 1 aliphatic heterocycles. The molecule has 0 radical (unpaired) electrons. The van der Waals surface area contributed by atoms with Crippen LogP contribution in [0.25, 0.3) is 0 Å². The van der Waals surface area contributed by atoms with Crippen LogP contribution in [0.1, 0.15) is 13.3 Å². The first kappa shape index (κ1) is 12.8. The van der Waals surface area contributed by atoms with Gasteiger partial charge in [0.25, 0.3) is 0 Å². The maximum Gasteiger partial charge on any atom is 0.406 e. The summed E-state index contributed by atoms with van der Waals surface area (Å²) in [6, 6.07) is 0. The Morgan fingerprint density at radius 1 is 1.56 bits per heavy atom. The first-order valence-electron chi connectivity index (χ1n) is 4.75. The molecule has 0 aromatic rings. The van der Waals surface area contributed by atoms with E-state index in [4.69, 9.17) is 5.11 Å². The Bertz CT molecular complexity index is 342. The predicted octanol–water partition coefficient (Wildman–Crippen LogP) is 1.35. The van der Waals surface area contributed by atoms with E-state index in [2.05, 4.69) is 11.8 Å². The Balaban J connectivity index is 2.84. The highest BCUT2D eigenvalue weighted by atomic mass is 19.4. The molecule has 1 rings (SSSR count). The second-order valence-corrected chi connectivity index (χ2v) is 3.77. The number of carboxylic acids is 1. The molecular weight excluding hydrogens is 223 g/mol. The van der Waals surface area contributed by atoms with E-state index < -0.39 is 30.5 Å². The molecule has 0 aliphatic carbocycles. The zero-order chi connectivity index (χ0) is 12.4. The molecule has 0 bridgehead atoms. The largest absolute Gasteiger partial charge is 0.481 e. The van der Waals surface area contributed by atoms with E-state index in [0.29, 0.717) is 0 Å². The van der Waals surface area contributed by atoms with Crippen molar-refractivity contribution in [1.29, 1.82) is 0 Å². The number of hydrogen-bond donors (Lipinski definition) is 1. The second kappa shape index (κ2) is 4.34. The standard InChI is InChI=1S/C10H12F3NO2/c1-2-3-5-14-6-4-9(7-14,8(15)16)10(11,12)13/h4-7H2,1H3,(H,15,16). The highest BCUT2D eigenvalue weighted by molar-refractivity contribution is 5.76. The fourth-order valence-corrected chi connectivity index (χ4v) is 1.74. The normalized spacial score (nSPS) is 26.2. The Hall–Kier alpha value is -1.22. The molecule has 90 valence electrons. The van der Waals surface area contributed by atoms with Crippen molar-refractivity contribution in [1.82, 2.24) is 4.90 Å². The number of likely N-dealkylation sites (tertiary alicyclic amines) is 1. The van der Waals surface area contributed by atoms with E-state index in [1.165, 1.54) is 4.90 Å². The van der Waals surface area contributed by atoms with E-state index in [0.717, 1.165) is 0 Å². The number of aliphatic carboxylic acids is 1. The SMILES string of the molecule is CC#CCN1CCC(C(=O)O)(C(F)(F)F)C1. The summed E-state index contributed by atoms with van der Waals surface area (Å²) in [5.41, 5.74) is -2.62. The third kappa shape index (κ3) is 2.14. The minimum absolute atomic E-state index is 0.112. The van der Waals surface area contributed by atoms with Crippen molar-refractivity contribution in [3.8, 4) is 11.8 Å². The molecule has 0 saturated carbocycles. The minimum atomic E-state index is -4.72. The van der Waals surface area contributed by atoms with E-state index in [1.54, 1.807) is 6.92 Å². The summed E-state index contributed by atoms with van der Waals surface area (Å²) in [5.74, 6) is 3.40. The molecule has 1 fully saturated rings. The minimum Gasteiger partial charge on any atom is -0.481 e. The summed E-state index contributed by atoms with van der Waals surface area (Å²) in [5, 5.41) is 8.76. The lowest BCUT2D eigenvalue weighted by atomic mass is 9.86. The van der Waals surface area contributed by atoms with Crippen molar-refractivity contribution < 1.29 is 23.1 Å². The number of hydrogen-bond acceptors (Lipinski definition) is 2. The van der Waals surface area contributed by atoms with Gasteiger partial charge in [-0.15, -0.1) is 5.92 Å². The van der Waals surface area contributed by atoms with Crippen LogP contribution in [0.5, 0.6) is 0 Å². The van der Waals surface area contributed by atoms with Gasteiger partial charge < -0.3 is 5.11 Å². The van der Waals surface area contributed by atoms with Gasteiger partial charge in [0.1, 0.15) is 0 Å². The van der Waals surface area contributed by atoms with Gasteiger partial charge in [-0.2, -0.15) is 13.2 Å². The van der Waals surface area contributed by atoms with Gasteiger partial charge in [-0.05, 0) is 13.3 Å². The maximum atomic E-state index is 12.7. The molecule has 1 heterocycles. The van der Waals surface area contributed by atoms with Crippen molar-refractivity contribution in [2.24, 2.45) is 5.41 Å². The van der Waals surface area contributed by atoms with Gasteiger partial charge in [0.15, 0.2) is 5.41 Å². The molecule has 0 aromatic carbocycles. The van der Waals surface area contributed by atoms with Crippen LogP contribution in [-0.4, -0.2) is 41.8 Å². The first-order valence-corrected chi connectivity index (χ1v) is 4.75. The molecular formula is C10H12F3NO2. The Morgan fingerprint density at radius 3 is 2.56 bits per heavy atom. The van der Waals surface area contributed by atoms with Crippen molar-refractivity contribution >= 4 is 5.97 Å². The number of alkyl halides is 3. The molecule has 0 aromatic heterocycles. The van der Waals surface area contributed by atoms with E-state index in [1.807, 2.05) is 0 Å². The summed E-state index contributed by atoms with van der Waals surface area (Å²) < 4.78 is 38.2. The predicted molar refractivity (Wildman–Crippen MR) is 50.6 cm³/mol. The fourth-order valence-electron chi connectivity index (χ4n) is 1.74. The van der Waals surface area contributed by atoms with Crippen LogP contribution in [0.2, 0.25) is 0 Å². The molecule has 0 amide bonds. The van der Waals surface area contributed by atoms with Crippen LogP contribution in [0.3, 0.4) is 0 Å². The number of carboxylic acid groups (broad SMARTS) is 1. The molecule has 0 spiro atoms. The summed E-state index contributed by atoms with van der Waals surface area (Å²) in [4.78, 5) is 12.2. The molecule has 1 aliphatic rings. The lowest BCUT2D eigenvalue weighted by molar-refractivity contribution is -0.227. The van der Waals surface area contributed by atoms with Crippen LogP contribution in [0, 0.1) is 17.3 Å². The molecule has 1 atom stereocenters. The van der Waals surface area contributed by atoms with E-state index in [-0.39, 0.29) is 13.1 Å². The van der Waals surface area contributed by atoms with Gasteiger partial charge in [0.2, 0.25) is 0 Å². The summed E-state index contributed by atoms with van der Waals surface area (Å²) in [7, 11) is 0. The lowest BCUT2D eigenvalue weighted by Gasteiger charge is -2.26. The maximum absolute atomic E-state index is 12.7. The number of halogens is 3. The smallest absolute Gasteiger partial charge is 0.406 e. The van der Waals surface area contributed by atoms with Gasteiger partial charge in [-0.25, -0.2) is 0 Å². The number of carbonyl (C=O) groups is 1. The third-order valence-electron chi connectivity index (χ3n) is 2.78. The Labute approximate surface area is 91.2 Å². The summed E-state index contributed by atoms with van der Waals surface area (Å²) >= 11 is 0. The monoisotopic (exact) mass is 235 g/mol. The topological polar surface area (TPSA) is 40.5 Å². The number of rotatable bonds is 2. The quantitative estimate of drug-likeness (QED) is 0.734. The van der Waals surface area contributed by atoms with Crippen LogP contribution in [0.4, 0.5) is 13.2 Å². The molecule has 3 nitrogen and oxygen atoms in total. The molecule has 1 unspecified atom stereocenters. The Kier molecular flexibility index (Phi) is 3.48. The lowest BCUT2D eigenvalue weighted by Crippen LogP contribution is -2.47. The van der Waals surface area contributed by atoms with Crippen molar-refractivity contribution in [2.75, 3.05) is 19.6 Å². The van der Waals surface area contributed by atoms with Crippen LogP contribution in [-0.2, 0) is 4.79 Å². The van der Waals surface area contributed by atoms with Crippen LogP contribution < -0.4 is 0 Å². The highest BCUT2D eigenvalue weighted by Crippen LogP contribution is 2.45. The first-order chi connectivity index (χ1) is 7.33. The summed E-state index contributed by atoms with van der Waals surface area (Å²) in [6.45, 7) is 1.37. The average Bonchev–Trinajstić information content (AvgIpc) is 2.58. The van der Waals surface area contributed by atoms with Gasteiger partial charge in [0.05, 0.1) is 6.54 Å². The molecule has 6 heteroatoms. The second-order valence-electron chi connectivity index (χ2n) is 3.77. The van der Waals surface area contributed by atoms with Gasteiger partial charge in [0, 0.05) is 13.1 Å². The molecule has 1 saturated heterocycles. The van der Waals surface area contributed by atoms with E-state index >= 15 is 0 Å². The fraction of sp³-hybridized carbons (Fsp3) is 0.700. The number of nitrogens with zero attached hydrogens (tertiary/aromatic N) is 1. The van der Waals surface area contributed by atoms with Crippen molar-refractivity contribution in [2.45, 2.75) is 19.5 Å². The third-order valence-corrected chi connectivity index (χ3v) is 2.78. The van der Waals surface area contributed by atoms with Gasteiger partial charge in [-0.3, -0.25) is 9.69 Å². The summed E-state index contributed by atoms with van der Waals surface area (Å²) in [6.07, 6.45) is -5.12. The zero-order valence-electron chi connectivity index (χ0n) is 8.76. The highest BCUT2D eigenvalue weighted by Gasteiger charge is 2.63. The van der Waals surface area contributed by atoms with Crippen LogP contribution >= 0.6 is 0 Å². The molecule has 1 N–H and O–H groups in total.